The molecule has 1 N–H and O–H groups in total. The molecular weight excluding hydrogens is 472 g/mol. The molecule has 2 aliphatic heterocycles. The average Bonchev–Trinajstić information content (AvgIpc) is 3.30. The minimum Gasteiger partial charge on any atom is -0.490 e. The first kappa shape index (κ1) is 23.2. The molecular formula is C23H26N6O5S. The molecule has 0 radical (unpaired) electrons. The Balaban J connectivity index is 1.24. The second-order valence-corrected chi connectivity index (χ2v) is 10.5. The summed E-state index contributed by atoms with van der Waals surface area (Å²) >= 11 is 0. The number of aryl methyl sites for hydroxylation is 1. The van der Waals surface area contributed by atoms with Crippen LogP contribution < -0.4 is 14.8 Å². The molecule has 0 saturated carbocycles. The second kappa shape index (κ2) is 9.62. The molecule has 0 atom stereocenters. The topological polar surface area (TPSA) is 129 Å². The number of nitrogens with zero attached hydrogens (tertiary/aromatic N) is 5. The number of nitrogens with one attached hydrogen (secondary N) is 1. The summed E-state index contributed by atoms with van der Waals surface area (Å²) in [6, 6.07) is 10.3. The summed E-state index contributed by atoms with van der Waals surface area (Å²) in [5.41, 5.74) is 2.31. The highest BCUT2D eigenvalue weighted by atomic mass is 32.2. The number of carbonyl (C=O) groups is 1. The van der Waals surface area contributed by atoms with Crippen molar-refractivity contribution >= 4 is 21.6 Å². The maximum absolute atomic E-state index is 13.2. The fourth-order valence-corrected chi connectivity index (χ4v) is 5.70. The van der Waals surface area contributed by atoms with Gasteiger partial charge in [-0.2, -0.15) is 4.31 Å². The number of hydrogen-bond acceptors (Lipinski definition) is 8. The Morgan fingerprint density at radius 2 is 1.83 bits per heavy atom. The monoisotopic (exact) mass is 498 g/mol. The smallest absolute Gasteiger partial charge is 0.243 e. The molecule has 184 valence electrons. The quantitative estimate of drug-likeness (QED) is 0.567. The van der Waals surface area contributed by atoms with E-state index in [1.807, 2.05) is 25.1 Å². The third-order valence-corrected chi connectivity index (χ3v) is 8.17. The van der Waals surface area contributed by atoms with Gasteiger partial charge in [0, 0.05) is 37.2 Å². The number of anilines is 1. The van der Waals surface area contributed by atoms with Gasteiger partial charge in [0.2, 0.25) is 15.9 Å². The van der Waals surface area contributed by atoms with Crippen LogP contribution in [0, 0.1) is 12.8 Å². The van der Waals surface area contributed by atoms with Crippen LogP contribution in [0.4, 0.5) is 5.69 Å². The molecule has 1 aromatic heterocycles. The van der Waals surface area contributed by atoms with Crippen LogP contribution in [-0.2, 0) is 14.8 Å². The molecule has 2 aromatic carbocycles. The highest BCUT2D eigenvalue weighted by molar-refractivity contribution is 7.89. The summed E-state index contributed by atoms with van der Waals surface area (Å²) < 4.78 is 40.6. The fourth-order valence-electron chi connectivity index (χ4n) is 4.21. The van der Waals surface area contributed by atoms with Crippen LogP contribution in [0.1, 0.15) is 24.8 Å². The molecule has 1 amide bonds. The molecule has 0 unspecified atom stereocenters. The van der Waals surface area contributed by atoms with Gasteiger partial charge in [0.05, 0.1) is 23.8 Å². The van der Waals surface area contributed by atoms with Crippen molar-refractivity contribution in [3.8, 4) is 17.2 Å². The van der Waals surface area contributed by atoms with E-state index in [-0.39, 0.29) is 29.8 Å². The van der Waals surface area contributed by atoms with Crippen molar-refractivity contribution < 1.29 is 22.7 Å². The molecule has 0 aliphatic carbocycles. The van der Waals surface area contributed by atoms with Gasteiger partial charge >= 0.3 is 0 Å². The number of benzene rings is 2. The van der Waals surface area contributed by atoms with Crippen molar-refractivity contribution in [2.24, 2.45) is 5.92 Å². The van der Waals surface area contributed by atoms with Crippen LogP contribution in [0.15, 0.2) is 47.6 Å². The van der Waals surface area contributed by atoms with Gasteiger partial charge in [0.25, 0.3) is 0 Å². The maximum Gasteiger partial charge on any atom is 0.243 e. The lowest BCUT2D eigenvalue weighted by atomic mass is 9.97. The molecule has 3 heterocycles. The summed E-state index contributed by atoms with van der Waals surface area (Å²) in [4.78, 5) is 13.1. The summed E-state index contributed by atoms with van der Waals surface area (Å²) in [6.07, 6.45) is 3.09. The van der Waals surface area contributed by atoms with Crippen molar-refractivity contribution in [3.05, 3.63) is 48.3 Å². The Kier molecular flexibility index (Phi) is 6.39. The number of carbonyl (C=O) groups excluding carboxylic acids is 1. The Morgan fingerprint density at radius 1 is 1.06 bits per heavy atom. The molecule has 35 heavy (non-hydrogen) atoms. The Hall–Kier alpha value is -3.51. The molecule has 1 saturated heterocycles. The number of amides is 1. The van der Waals surface area contributed by atoms with Gasteiger partial charge in [-0.3, -0.25) is 4.79 Å². The van der Waals surface area contributed by atoms with Gasteiger partial charge in [-0.25, -0.2) is 13.1 Å². The zero-order valence-corrected chi connectivity index (χ0v) is 20.1. The van der Waals surface area contributed by atoms with E-state index in [0.29, 0.717) is 43.2 Å². The predicted molar refractivity (Wildman–Crippen MR) is 126 cm³/mol. The predicted octanol–water partition coefficient (Wildman–Crippen LogP) is 2.17. The van der Waals surface area contributed by atoms with Crippen LogP contribution >= 0.6 is 0 Å². The number of rotatable bonds is 5. The Bertz CT molecular complexity index is 1320. The van der Waals surface area contributed by atoms with E-state index < -0.39 is 10.0 Å². The normalized spacial score (nSPS) is 17.1. The Labute approximate surface area is 203 Å². The third-order valence-electron chi connectivity index (χ3n) is 6.27. The van der Waals surface area contributed by atoms with E-state index in [1.165, 1.54) is 21.4 Å². The zero-order chi connectivity index (χ0) is 24.4. The fraction of sp³-hybridized carbons (Fsp3) is 0.391. The van der Waals surface area contributed by atoms with Crippen LogP contribution in [-0.4, -0.2) is 65.1 Å². The van der Waals surface area contributed by atoms with Gasteiger partial charge in [0.1, 0.15) is 6.33 Å². The van der Waals surface area contributed by atoms with Crippen LogP contribution in [0.5, 0.6) is 11.5 Å². The van der Waals surface area contributed by atoms with Crippen molar-refractivity contribution in [1.29, 1.82) is 0 Å². The molecule has 5 rings (SSSR count). The standard InChI is InChI=1S/C23H26N6O5S/c1-16-3-4-18(29-15-24-26-27-29)13-20(16)25-23(30)17-7-9-28(10-8-17)35(31,32)19-5-6-21-22(14-19)34-12-2-11-33-21/h3-6,13-15,17H,2,7-12H2,1H3,(H,25,30). The van der Waals surface area contributed by atoms with E-state index in [0.717, 1.165) is 17.7 Å². The molecule has 0 bridgehead atoms. The van der Waals surface area contributed by atoms with E-state index in [1.54, 1.807) is 12.1 Å². The van der Waals surface area contributed by atoms with E-state index in [4.69, 9.17) is 9.47 Å². The lowest BCUT2D eigenvalue weighted by Gasteiger charge is -2.30. The van der Waals surface area contributed by atoms with Crippen molar-refractivity contribution in [2.75, 3.05) is 31.6 Å². The molecule has 12 heteroatoms. The molecule has 0 spiro atoms. The SMILES string of the molecule is Cc1ccc(-n2cnnn2)cc1NC(=O)C1CCN(S(=O)(=O)c2ccc3c(c2)OCCCO3)CC1. The van der Waals surface area contributed by atoms with Crippen molar-refractivity contribution in [2.45, 2.75) is 31.1 Å². The van der Waals surface area contributed by atoms with Gasteiger partial charge in [-0.15, -0.1) is 5.10 Å². The largest absolute Gasteiger partial charge is 0.490 e. The number of tetrazole rings is 1. The number of aromatic nitrogens is 4. The molecule has 1 fully saturated rings. The zero-order valence-electron chi connectivity index (χ0n) is 19.3. The lowest BCUT2D eigenvalue weighted by molar-refractivity contribution is -0.120. The third kappa shape index (κ3) is 4.84. The maximum atomic E-state index is 13.2. The van der Waals surface area contributed by atoms with Crippen LogP contribution in [0.2, 0.25) is 0 Å². The van der Waals surface area contributed by atoms with Gasteiger partial charge in [-0.1, -0.05) is 6.07 Å². The molecule has 2 aliphatic rings. The van der Waals surface area contributed by atoms with Gasteiger partial charge in [-0.05, 0) is 60.0 Å². The van der Waals surface area contributed by atoms with E-state index in [2.05, 4.69) is 20.8 Å². The highest BCUT2D eigenvalue weighted by Gasteiger charge is 2.33. The summed E-state index contributed by atoms with van der Waals surface area (Å²) in [5, 5.41) is 14.1. The summed E-state index contributed by atoms with van der Waals surface area (Å²) in [6.45, 7) is 3.45. The summed E-state index contributed by atoms with van der Waals surface area (Å²) in [5.74, 6) is 0.573. The first-order valence-corrected chi connectivity index (χ1v) is 12.9. The lowest BCUT2D eigenvalue weighted by Crippen LogP contribution is -2.41. The first-order chi connectivity index (χ1) is 16.9. The van der Waals surface area contributed by atoms with Crippen molar-refractivity contribution in [1.82, 2.24) is 24.5 Å². The Morgan fingerprint density at radius 3 is 2.57 bits per heavy atom. The molecule has 3 aromatic rings. The van der Waals surface area contributed by atoms with Crippen molar-refractivity contribution in [3.63, 3.8) is 0 Å². The van der Waals surface area contributed by atoms with Crippen LogP contribution in [0.3, 0.4) is 0 Å². The van der Waals surface area contributed by atoms with Crippen LogP contribution in [0.25, 0.3) is 5.69 Å². The number of piperidine rings is 1. The summed E-state index contributed by atoms with van der Waals surface area (Å²) in [7, 11) is -3.71. The first-order valence-electron chi connectivity index (χ1n) is 11.5. The average molecular weight is 499 g/mol. The van der Waals surface area contributed by atoms with Gasteiger partial charge in [0.15, 0.2) is 11.5 Å². The number of hydrogen-bond donors (Lipinski definition) is 1. The number of fused-ring (bicyclic) bond motifs is 1. The second-order valence-electron chi connectivity index (χ2n) is 8.58. The van der Waals surface area contributed by atoms with E-state index in [9.17, 15) is 13.2 Å². The minimum absolute atomic E-state index is 0.130. The minimum atomic E-state index is -3.71. The van der Waals surface area contributed by atoms with E-state index >= 15 is 0 Å². The highest BCUT2D eigenvalue weighted by Crippen LogP contribution is 2.34. The molecule has 11 nitrogen and oxygen atoms in total. The number of sulfonamides is 1. The van der Waals surface area contributed by atoms with Gasteiger partial charge < -0.3 is 14.8 Å². The number of ether oxygens (including phenoxy) is 2.